The van der Waals surface area contributed by atoms with E-state index in [4.69, 9.17) is 21.4 Å². The minimum absolute atomic E-state index is 0.00535. The van der Waals surface area contributed by atoms with Crippen molar-refractivity contribution in [2.45, 2.75) is 0 Å². The van der Waals surface area contributed by atoms with Gasteiger partial charge in [0.1, 0.15) is 5.75 Å². The number of rotatable bonds is 5. The highest BCUT2D eigenvalue weighted by molar-refractivity contribution is 9.10. The van der Waals surface area contributed by atoms with Gasteiger partial charge in [0.05, 0.1) is 11.3 Å². The normalized spacial score (nSPS) is 10.1. The summed E-state index contributed by atoms with van der Waals surface area (Å²) in [6.45, 7) is -0.239. The molecule has 0 aliphatic heterocycles. The van der Waals surface area contributed by atoms with Crippen molar-refractivity contribution in [1.29, 1.82) is 0 Å². The first-order chi connectivity index (χ1) is 10.5. The Morgan fingerprint density at radius 2 is 1.86 bits per heavy atom. The minimum atomic E-state index is -1.13. The van der Waals surface area contributed by atoms with Gasteiger partial charge >= 0.3 is 5.97 Å². The first kappa shape index (κ1) is 16.3. The molecule has 0 unspecified atom stereocenters. The molecule has 2 aromatic carbocycles. The highest BCUT2D eigenvalue weighted by Crippen LogP contribution is 2.21. The molecule has 2 aromatic rings. The van der Waals surface area contributed by atoms with Crippen LogP contribution in [0.5, 0.6) is 5.75 Å². The maximum absolute atomic E-state index is 11.8. The molecule has 114 valence electrons. The quantitative estimate of drug-likeness (QED) is 0.822. The van der Waals surface area contributed by atoms with Gasteiger partial charge in [0.15, 0.2) is 6.61 Å². The zero-order valence-electron chi connectivity index (χ0n) is 11.2. The zero-order chi connectivity index (χ0) is 16.1. The van der Waals surface area contributed by atoms with Gasteiger partial charge in [0.2, 0.25) is 0 Å². The molecule has 0 bridgehead atoms. The SMILES string of the molecule is O=C(COc1ccc(Cl)cc1)Nc1ccc(Br)cc1C(=O)O. The third-order valence-electron chi connectivity index (χ3n) is 2.67. The summed E-state index contributed by atoms with van der Waals surface area (Å²) in [5.74, 6) is -1.09. The standard InChI is InChI=1S/C15H11BrClNO4/c16-9-1-6-13(12(7-9)15(20)21)18-14(19)8-22-11-4-2-10(17)3-5-11/h1-7H,8H2,(H,18,19)(H,20,21). The summed E-state index contributed by atoms with van der Waals surface area (Å²) < 4.78 is 5.90. The van der Waals surface area contributed by atoms with Gasteiger partial charge in [-0.05, 0) is 42.5 Å². The van der Waals surface area contributed by atoms with Gasteiger partial charge in [-0.15, -0.1) is 0 Å². The Labute approximate surface area is 140 Å². The molecule has 0 saturated carbocycles. The van der Waals surface area contributed by atoms with Crippen molar-refractivity contribution < 1.29 is 19.4 Å². The first-order valence-electron chi connectivity index (χ1n) is 6.17. The Hall–Kier alpha value is -2.05. The van der Waals surface area contributed by atoms with E-state index in [1.54, 1.807) is 30.3 Å². The number of carbonyl (C=O) groups is 2. The van der Waals surface area contributed by atoms with E-state index in [-0.39, 0.29) is 17.9 Å². The Bertz CT molecular complexity index is 703. The largest absolute Gasteiger partial charge is 0.484 e. The van der Waals surface area contributed by atoms with Gasteiger partial charge in [0, 0.05) is 9.50 Å². The lowest BCUT2D eigenvalue weighted by Gasteiger charge is -2.10. The predicted octanol–water partition coefficient (Wildman–Crippen LogP) is 3.82. The third-order valence-corrected chi connectivity index (χ3v) is 3.41. The lowest BCUT2D eigenvalue weighted by Crippen LogP contribution is -2.21. The topological polar surface area (TPSA) is 75.6 Å². The molecule has 0 atom stereocenters. The van der Waals surface area contributed by atoms with Crippen molar-refractivity contribution in [3.05, 3.63) is 57.5 Å². The Balaban J connectivity index is 2.00. The van der Waals surface area contributed by atoms with Crippen molar-refractivity contribution in [1.82, 2.24) is 0 Å². The molecule has 2 N–H and O–H groups in total. The molecule has 2 rings (SSSR count). The van der Waals surface area contributed by atoms with E-state index in [0.717, 1.165) is 0 Å². The number of ether oxygens (including phenoxy) is 1. The summed E-state index contributed by atoms with van der Waals surface area (Å²) in [5, 5.41) is 12.2. The Morgan fingerprint density at radius 3 is 2.50 bits per heavy atom. The summed E-state index contributed by atoms with van der Waals surface area (Å²) >= 11 is 8.93. The number of anilines is 1. The number of aromatic carboxylic acids is 1. The highest BCUT2D eigenvalue weighted by Gasteiger charge is 2.13. The maximum Gasteiger partial charge on any atom is 0.337 e. The predicted molar refractivity (Wildman–Crippen MR) is 86.7 cm³/mol. The zero-order valence-corrected chi connectivity index (χ0v) is 13.5. The fourth-order valence-electron chi connectivity index (χ4n) is 1.67. The van der Waals surface area contributed by atoms with E-state index in [0.29, 0.717) is 15.2 Å². The average Bonchev–Trinajstić information content (AvgIpc) is 2.48. The van der Waals surface area contributed by atoms with Crippen LogP contribution in [0.1, 0.15) is 10.4 Å². The molecular weight excluding hydrogens is 374 g/mol. The van der Waals surface area contributed by atoms with Crippen LogP contribution in [-0.4, -0.2) is 23.6 Å². The van der Waals surface area contributed by atoms with Crippen molar-refractivity contribution in [2.75, 3.05) is 11.9 Å². The van der Waals surface area contributed by atoms with Crippen LogP contribution in [0.25, 0.3) is 0 Å². The third kappa shape index (κ3) is 4.47. The lowest BCUT2D eigenvalue weighted by molar-refractivity contribution is -0.118. The molecule has 0 aliphatic carbocycles. The van der Waals surface area contributed by atoms with Crippen molar-refractivity contribution in [3.8, 4) is 5.75 Å². The van der Waals surface area contributed by atoms with E-state index >= 15 is 0 Å². The van der Waals surface area contributed by atoms with Crippen LogP contribution >= 0.6 is 27.5 Å². The molecule has 22 heavy (non-hydrogen) atoms. The van der Waals surface area contributed by atoms with Crippen LogP contribution in [0.4, 0.5) is 5.69 Å². The second kappa shape index (κ2) is 7.29. The number of hydrogen-bond donors (Lipinski definition) is 2. The summed E-state index contributed by atoms with van der Waals surface area (Å²) in [6, 6.07) is 11.1. The smallest absolute Gasteiger partial charge is 0.337 e. The van der Waals surface area contributed by atoms with Crippen molar-refractivity contribution >= 4 is 45.1 Å². The number of amides is 1. The summed E-state index contributed by atoms with van der Waals surface area (Å²) in [5.41, 5.74) is 0.203. The summed E-state index contributed by atoms with van der Waals surface area (Å²) in [7, 11) is 0. The van der Waals surface area contributed by atoms with Gasteiger partial charge in [-0.1, -0.05) is 27.5 Å². The number of carboxylic acid groups (broad SMARTS) is 1. The van der Waals surface area contributed by atoms with Gasteiger partial charge in [-0.25, -0.2) is 4.79 Å². The number of carboxylic acids is 1. The number of halogens is 2. The molecule has 0 spiro atoms. The number of benzene rings is 2. The molecule has 0 saturated heterocycles. The highest BCUT2D eigenvalue weighted by atomic mass is 79.9. The first-order valence-corrected chi connectivity index (χ1v) is 7.34. The number of nitrogens with one attached hydrogen (secondary N) is 1. The van der Waals surface area contributed by atoms with Gasteiger partial charge < -0.3 is 15.2 Å². The number of carbonyl (C=O) groups excluding carboxylic acids is 1. The summed E-state index contributed by atoms with van der Waals surface area (Å²) in [4.78, 5) is 23.0. The Kier molecular flexibility index (Phi) is 5.41. The van der Waals surface area contributed by atoms with Crippen LogP contribution < -0.4 is 10.1 Å². The van der Waals surface area contributed by atoms with Crippen LogP contribution in [-0.2, 0) is 4.79 Å². The van der Waals surface area contributed by atoms with Crippen LogP contribution in [0.3, 0.4) is 0 Å². The monoisotopic (exact) mass is 383 g/mol. The second-order valence-electron chi connectivity index (χ2n) is 4.29. The lowest BCUT2D eigenvalue weighted by atomic mass is 10.2. The fraction of sp³-hybridized carbons (Fsp3) is 0.0667. The van der Waals surface area contributed by atoms with E-state index in [9.17, 15) is 9.59 Å². The molecule has 0 radical (unpaired) electrons. The minimum Gasteiger partial charge on any atom is -0.484 e. The van der Waals surface area contributed by atoms with Gasteiger partial charge in [-0.2, -0.15) is 0 Å². The van der Waals surface area contributed by atoms with Crippen LogP contribution in [0.15, 0.2) is 46.9 Å². The van der Waals surface area contributed by atoms with E-state index in [2.05, 4.69) is 21.2 Å². The van der Waals surface area contributed by atoms with Crippen LogP contribution in [0.2, 0.25) is 5.02 Å². The molecule has 5 nitrogen and oxygen atoms in total. The van der Waals surface area contributed by atoms with Crippen molar-refractivity contribution in [3.63, 3.8) is 0 Å². The van der Waals surface area contributed by atoms with Gasteiger partial charge in [-0.3, -0.25) is 4.79 Å². The average molecular weight is 385 g/mol. The maximum atomic E-state index is 11.8. The van der Waals surface area contributed by atoms with E-state index in [1.165, 1.54) is 12.1 Å². The molecular formula is C15H11BrClNO4. The Morgan fingerprint density at radius 1 is 1.18 bits per heavy atom. The molecule has 7 heteroatoms. The molecule has 0 fully saturated rings. The van der Waals surface area contributed by atoms with Gasteiger partial charge in [0.25, 0.3) is 5.91 Å². The van der Waals surface area contributed by atoms with Crippen molar-refractivity contribution in [2.24, 2.45) is 0 Å². The second-order valence-corrected chi connectivity index (χ2v) is 5.64. The summed E-state index contributed by atoms with van der Waals surface area (Å²) in [6.07, 6.45) is 0. The molecule has 0 aromatic heterocycles. The molecule has 0 heterocycles. The van der Waals surface area contributed by atoms with Crippen LogP contribution in [0, 0.1) is 0 Å². The molecule has 0 aliphatic rings. The fourth-order valence-corrected chi connectivity index (χ4v) is 2.16. The number of hydrogen-bond acceptors (Lipinski definition) is 3. The van der Waals surface area contributed by atoms with E-state index < -0.39 is 11.9 Å². The molecule has 1 amide bonds. The van der Waals surface area contributed by atoms with E-state index in [1.807, 2.05) is 0 Å².